The first kappa shape index (κ1) is 19.7. The van der Waals surface area contributed by atoms with E-state index >= 15 is 0 Å². The van der Waals surface area contributed by atoms with Crippen LogP contribution in [0.5, 0.6) is 0 Å². The molecule has 0 fully saturated rings. The van der Waals surface area contributed by atoms with E-state index < -0.39 is 0 Å². The van der Waals surface area contributed by atoms with Gasteiger partial charge in [-0.25, -0.2) is 24.3 Å². The molecule has 0 saturated carbocycles. The number of nitrogens with zero attached hydrogens (tertiary/aromatic N) is 5. The quantitative estimate of drug-likeness (QED) is 0.437. The van der Waals surface area contributed by atoms with Gasteiger partial charge in [0.25, 0.3) is 0 Å². The second-order valence-electron chi connectivity index (χ2n) is 6.74. The van der Waals surface area contributed by atoms with Crippen molar-refractivity contribution in [3.05, 3.63) is 72.6 Å². The average Bonchev–Trinajstić information content (AvgIpc) is 3.22. The molecule has 7 nitrogen and oxygen atoms in total. The van der Waals surface area contributed by atoms with Crippen LogP contribution >= 0.6 is 12.4 Å². The normalized spacial score (nSPS) is 11.9. The van der Waals surface area contributed by atoms with Gasteiger partial charge >= 0.3 is 0 Å². The van der Waals surface area contributed by atoms with Crippen LogP contribution in [0.3, 0.4) is 0 Å². The lowest BCUT2D eigenvalue weighted by molar-refractivity contribution is 0.623. The van der Waals surface area contributed by atoms with Crippen molar-refractivity contribution >= 4 is 40.3 Å². The first-order valence-corrected chi connectivity index (χ1v) is 9.10. The predicted octanol–water partition coefficient (Wildman–Crippen LogP) is 4.70. The molecule has 0 amide bonds. The molecule has 2 N–H and O–H groups in total. The van der Waals surface area contributed by atoms with Gasteiger partial charge in [0, 0.05) is 17.1 Å². The zero-order valence-corrected chi connectivity index (χ0v) is 16.7. The molecule has 0 spiro atoms. The minimum Gasteiger partial charge on any atom is -0.348 e. The molecule has 5 aromatic rings. The summed E-state index contributed by atoms with van der Waals surface area (Å²) in [6.45, 7) is 1.94. The van der Waals surface area contributed by atoms with Crippen molar-refractivity contribution < 1.29 is 4.39 Å². The van der Waals surface area contributed by atoms with E-state index in [9.17, 15) is 4.39 Å². The average molecular weight is 422 g/mol. The van der Waals surface area contributed by atoms with Gasteiger partial charge in [0.05, 0.1) is 28.8 Å². The molecule has 9 heteroatoms. The molecule has 0 aliphatic rings. The van der Waals surface area contributed by atoms with Crippen LogP contribution < -0.4 is 5.32 Å². The fraction of sp³-hybridized carbons (Fsp3) is 0.0952. The van der Waals surface area contributed by atoms with Gasteiger partial charge in [0.2, 0.25) is 5.95 Å². The second kappa shape index (κ2) is 8.00. The summed E-state index contributed by atoms with van der Waals surface area (Å²) in [6, 6.07) is 12.2. The molecule has 0 bridgehead atoms. The Morgan fingerprint density at radius 3 is 2.80 bits per heavy atom. The topological polar surface area (TPSA) is 92.3 Å². The minimum atomic E-state index is -0.264. The zero-order valence-electron chi connectivity index (χ0n) is 15.9. The fourth-order valence-electron chi connectivity index (χ4n) is 3.30. The number of halogens is 2. The number of hydrogen-bond donors (Lipinski definition) is 2. The Hall–Kier alpha value is -3.65. The van der Waals surface area contributed by atoms with Gasteiger partial charge < -0.3 is 5.32 Å². The number of benzene rings is 2. The number of nitrogens with one attached hydrogen (secondary N) is 2. The standard InChI is InChI=1S/C21H16FN7.ClH/c1-12(13-3-2-4-16(22)8-13)27-21-23-9-15-7-14(5-6-18(15)28-21)19-17-10-26-29-20(17)25-11-24-19;/h2-12H,1H3,(H,23,27,28)(H,24,25,26,29);1H/t12-;/m1./s1. The summed E-state index contributed by atoms with van der Waals surface area (Å²) in [5, 5.41) is 11.9. The number of aromatic amines is 1. The maximum Gasteiger partial charge on any atom is 0.223 e. The van der Waals surface area contributed by atoms with Gasteiger partial charge in [-0.3, -0.25) is 5.10 Å². The van der Waals surface area contributed by atoms with Gasteiger partial charge in [0.1, 0.15) is 12.1 Å². The lowest BCUT2D eigenvalue weighted by Gasteiger charge is -2.14. The zero-order chi connectivity index (χ0) is 19.8. The summed E-state index contributed by atoms with van der Waals surface area (Å²) >= 11 is 0. The second-order valence-corrected chi connectivity index (χ2v) is 6.74. The monoisotopic (exact) mass is 421 g/mol. The van der Waals surface area contributed by atoms with Crippen LogP contribution in [0.2, 0.25) is 0 Å². The third-order valence-electron chi connectivity index (χ3n) is 4.80. The van der Waals surface area contributed by atoms with E-state index in [2.05, 4.69) is 35.5 Å². The highest BCUT2D eigenvalue weighted by molar-refractivity contribution is 5.93. The number of H-pyrrole nitrogens is 1. The maximum atomic E-state index is 13.5. The van der Waals surface area contributed by atoms with Crippen molar-refractivity contribution in [2.24, 2.45) is 0 Å². The van der Waals surface area contributed by atoms with Crippen LogP contribution in [0.15, 0.2) is 61.2 Å². The van der Waals surface area contributed by atoms with Gasteiger partial charge in [-0.2, -0.15) is 5.10 Å². The molecule has 2 aromatic carbocycles. The summed E-state index contributed by atoms with van der Waals surface area (Å²) in [5.41, 5.74) is 4.06. The maximum absolute atomic E-state index is 13.5. The largest absolute Gasteiger partial charge is 0.348 e. The lowest BCUT2D eigenvalue weighted by Crippen LogP contribution is -2.09. The van der Waals surface area contributed by atoms with E-state index in [4.69, 9.17) is 0 Å². The highest BCUT2D eigenvalue weighted by Gasteiger charge is 2.11. The highest BCUT2D eigenvalue weighted by atomic mass is 35.5. The molecule has 0 unspecified atom stereocenters. The minimum absolute atomic E-state index is 0. The van der Waals surface area contributed by atoms with Crippen LogP contribution in [-0.4, -0.2) is 30.1 Å². The van der Waals surface area contributed by atoms with E-state index in [1.807, 2.05) is 31.2 Å². The van der Waals surface area contributed by atoms with E-state index in [-0.39, 0.29) is 24.3 Å². The van der Waals surface area contributed by atoms with E-state index in [0.29, 0.717) is 11.6 Å². The fourth-order valence-corrected chi connectivity index (χ4v) is 3.30. The van der Waals surface area contributed by atoms with Crippen molar-refractivity contribution in [3.63, 3.8) is 0 Å². The van der Waals surface area contributed by atoms with Crippen LogP contribution in [0.1, 0.15) is 18.5 Å². The Kier molecular flexibility index (Phi) is 5.24. The van der Waals surface area contributed by atoms with Gasteiger partial charge in [-0.15, -0.1) is 12.4 Å². The van der Waals surface area contributed by atoms with Crippen molar-refractivity contribution in [1.29, 1.82) is 0 Å². The van der Waals surface area contributed by atoms with Gasteiger partial charge in [-0.05, 0) is 36.8 Å². The summed E-state index contributed by atoms with van der Waals surface area (Å²) in [6.07, 6.45) is 4.99. The predicted molar refractivity (Wildman–Crippen MR) is 116 cm³/mol. The van der Waals surface area contributed by atoms with Crippen LogP contribution in [0.25, 0.3) is 33.2 Å². The van der Waals surface area contributed by atoms with Crippen LogP contribution in [0, 0.1) is 5.82 Å². The number of fused-ring (bicyclic) bond motifs is 2. The molecule has 150 valence electrons. The van der Waals surface area contributed by atoms with E-state index in [0.717, 1.165) is 33.1 Å². The van der Waals surface area contributed by atoms with E-state index in [1.165, 1.54) is 18.5 Å². The van der Waals surface area contributed by atoms with Crippen molar-refractivity contribution in [1.82, 2.24) is 30.1 Å². The lowest BCUT2D eigenvalue weighted by atomic mass is 10.1. The summed E-state index contributed by atoms with van der Waals surface area (Å²) in [7, 11) is 0. The summed E-state index contributed by atoms with van der Waals surface area (Å²) in [4.78, 5) is 17.6. The molecule has 0 radical (unpaired) electrons. The van der Waals surface area contributed by atoms with Gasteiger partial charge in [0.15, 0.2) is 5.65 Å². The molecule has 0 aliphatic heterocycles. The SMILES string of the molecule is C[C@@H](Nc1ncc2cc(-c3ncnc4[nH]ncc34)ccc2n1)c1cccc(F)c1.Cl. The van der Waals surface area contributed by atoms with Gasteiger partial charge in [-0.1, -0.05) is 18.2 Å². The van der Waals surface area contributed by atoms with Crippen molar-refractivity contribution in [2.45, 2.75) is 13.0 Å². The Bertz CT molecular complexity index is 1340. The molecule has 5 rings (SSSR count). The Morgan fingerprint density at radius 1 is 1.03 bits per heavy atom. The summed E-state index contributed by atoms with van der Waals surface area (Å²) < 4.78 is 13.5. The Balaban J connectivity index is 0.00000218. The van der Waals surface area contributed by atoms with Crippen molar-refractivity contribution in [2.75, 3.05) is 5.32 Å². The van der Waals surface area contributed by atoms with Crippen molar-refractivity contribution in [3.8, 4) is 11.3 Å². The first-order chi connectivity index (χ1) is 14.2. The third-order valence-corrected chi connectivity index (χ3v) is 4.80. The number of anilines is 1. The molecule has 0 aliphatic carbocycles. The van der Waals surface area contributed by atoms with E-state index in [1.54, 1.807) is 18.5 Å². The van der Waals surface area contributed by atoms with Crippen LogP contribution in [-0.2, 0) is 0 Å². The Labute approximate surface area is 177 Å². The summed E-state index contributed by atoms with van der Waals surface area (Å²) in [5.74, 6) is 0.223. The molecule has 30 heavy (non-hydrogen) atoms. The van der Waals surface area contributed by atoms with Crippen LogP contribution in [0.4, 0.5) is 10.3 Å². The molecular weight excluding hydrogens is 405 g/mol. The molecular formula is C21H17ClFN7. The molecule has 1 atom stereocenters. The molecule has 0 saturated heterocycles. The highest BCUT2D eigenvalue weighted by Crippen LogP contribution is 2.27. The first-order valence-electron chi connectivity index (χ1n) is 9.10. The number of hydrogen-bond acceptors (Lipinski definition) is 6. The molecule has 3 aromatic heterocycles. The number of aromatic nitrogens is 6. The third kappa shape index (κ3) is 3.65. The smallest absolute Gasteiger partial charge is 0.223 e. The molecule has 3 heterocycles. The number of rotatable bonds is 4. The Morgan fingerprint density at radius 2 is 1.93 bits per heavy atom.